The summed E-state index contributed by atoms with van der Waals surface area (Å²) in [6, 6.07) is 0. The highest BCUT2D eigenvalue weighted by molar-refractivity contribution is 5.97. The second-order valence-corrected chi connectivity index (χ2v) is 4.92. The molecule has 98 valence electrons. The van der Waals surface area contributed by atoms with Crippen molar-refractivity contribution in [2.45, 2.75) is 32.9 Å². The van der Waals surface area contributed by atoms with Gasteiger partial charge in [-0.15, -0.1) is 5.10 Å². The van der Waals surface area contributed by atoms with Gasteiger partial charge in [-0.05, 0) is 20.8 Å². The van der Waals surface area contributed by atoms with Gasteiger partial charge in [0.2, 0.25) is 5.69 Å². The minimum atomic E-state index is -1.22. The smallest absolute Gasteiger partial charge is 0.416 e. The van der Waals surface area contributed by atoms with E-state index in [0.717, 1.165) is 0 Å². The van der Waals surface area contributed by atoms with Crippen LogP contribution >= 0.6 is 0 Å². The topological polar surface area (TPSA) is 97.5 Å². The molecule has 0 atom stereocenters. The number of aromatic carboxylic acids is 1. The summed E-state index contributed by atoms with van der Waals surface area (Å²) < 4.78 is 6.59. The fourth-order valence-corrected chi connectivity index (χ4v) is 1.66. The van der Waals surface area contributed by atoms with Gasteiger partial charge in [0.15, 0.2) is 5.82 Å². The van der Waals surface area contributed by atoms with Crippen molar-refractivity contribution >= 4 is 17.9 Å². The molecular formula is C10H14N4O4. The molecule has 1 amide bonds. The largest absolute Gasteiger partial charge is 0.476 e. The van der Waals surface area contributed by atoms with Crippen LogP contribution in [0, 0.1) is 0 Å². The molecule has 0 bridgehead atoms. The molecule has 2 rings (SSSR count). The molecule has 0 saturated carbocycles. The van der Waals surface area contributed by atoms with E-state index in [1.165, 1.54) is 9.58 Å². The third-order valence-corrected chi connectivity index (χ3v) is 2.32. The number of anilines is 1. The molecule has 0 aliphatic carbocycles. The van der Waals surface area contributed by atoms with Crippen LogP contribution < -0.4 is 4.90 Å². The first-order chi connectivity index (χ1) is 8.29. The number of aromatic nitrogens is 3. The van der Waals surface area contributed by atoms with E-state index in [-0.39, 0.29) is 11.5 Å². The zero-order valence-corrected chi connectivity index (χ0v) is 10.4. The summed E-state index contributed by atoms with van der Waals surface area (Å²) in [6.07, 6.45) is -0.592. The van der Waals surface area contributed by atoms with Crippen LogP contribution in [0.5, 0.6) is 0 Å². The Labute approximate surface area is 103 Å². The predicted molar refractivity (Wildman–Crippen MR) is 60.6 cm³/mol. The average Bonchev–Trinajstić information content (AvgIpc) is 2.71. The van der Waals surface area contributed by atoms with Crippen LogP contribution in [-0.4, -0.2) is 44.3 Å². The molecule has 1 aromatic rings. The monoisotopic (exact) mass is 254 g/mol. The van der Waals surface area contributed by atoms with E-state index in [4.69, 9.17) is 9.84 Å². The maximum atomic E-state index is 11.9. The van der Waals surface area contributed by atoms with Crippen LogP contribution in [0.3, 0.4) is 0 Å². The van der Waals surface area contributed by atoms with Crippen molar-refractivity contribution in [1.29, 1.82) is 0 Å². The summed E-state index contributed by atoms with van der Waals surface area (Å²) in [6.45, 7) is 5.98. The Morgan fingerprint density at radius 3 is 2.56 bits per heavy atom. The highest BCUT2D eigenvalue weighted by Gasteiger charge is 2.35. The third kappa shape index (κ3) is 2.13. The first-order valence-corrected chi connectivity index (χ1v) is 5.47. The Kier molecular flexibility index (Phi) is 2.72. The van der Waals surface area contributed by atoms with Gasteiger partial charge in [0.1, 0.15) is 5.60 Å². The fraction of sp³-hybridized carbons (Fsp3) is 0.600. The van der Waals surface area contributed by atoms with Crippen molar-refractivity contribution in [2.75, 3.05) is 11.4 Å². The van der Waals surface area contributed by atoms with Crippen molar-refractivity contribution in [3.8, 4) is 0 Å². The first-order valence-electron chi connectivity index (χ1n) is 5.47. The van der Waals surface area contributed by atoms with Crippen molar-refractivity contribution in [3.63, 3.8) is 0 Å². The highest BCUT2D eigenvalue weighted by Crippen LogP contribution is 2.25. The number of amides is 1. The molecule has 0 unspecified atom stereocenters. The van der Waals surface area contributed by atoms with Gasteiger partial charge in [-0.25, -0.2) is 14.3 Å². The molecule has 1 aliphatic heterocycles. The molecule has 1 N–H and O–H groups in total. The number of ether oxygens (including phenoxy) is 1. The molecule has 18 heavy (non-hydrogen) atoms. The summed E-state index contributed by atoms with van der Waals surface area (Å²) in [7, 11) is 0. The van der Waals surface area contributed by atoms with Crippen LogP contribution in [0.2, 0.25) is 0 Å². The Bertz CT molecular complexity index is 502. The lowest BCUT2D eigenvalue weighted by molar-refractivity contribution is 0.0583. The van der Waals surface area contributed by atoms with Crippen LogP contribution in [0.15, 0.2) is 0 Å². The molecule has 8 heteroatoms. The van der Waals surface area contributed by atoms with E-state index in [1.807, 2.05) is 0 Å². The highest BCUT2D eigenvalue weighted by atomic mass is 16.6. The Balaban J connectivity index is 2.28. The molecule has 0 spiro atoms. The van der Waals surface area contributed by atoms with Gasteiger partial charge in [0.05, 0.1) is 13.1 Å². The Hall–Kier alpha value is -2.12. The van der Waals surface area contributed by atoms with Gasteiger partial charge in [-0.3, -0.25) is 4.90 Å². The minimum absolute atomic E-state index is 0.178. The number of fused-ring (bicyclic) bond motifs is 1. The number of carbonyl (C=O) groups is 2. The van der Waals surface area contributed by atoms with E-state index in [1.54, 1.807) is 20.8 Å². The van der Waals surface area contributed by atoms with Gasteiger partial charge in [-0.2, -0.15) is 0 Å². The number of carbonyl (C=O) groups excluding carboxylic acids is 1. The summed E-state index contributed by atoms with van der Waals surface area (Å²) in [4.78, 5) is 24.2. The average molecular weight is 254 g/mol. The quantitative estimate of drug-likeness (QED) is 0.793. The molecule has 8 nitrogen and oxygen atoms in total. The summed E-state index contributed by atoms with van der Waals surface area (Å²) >= 11 is 0. The summed E-state index contributed by atoms with van der Waals surface area (Å²) in [5.74, 6) is -1.04. The SMILES string of the molecule is CC(C)(C)OC(=O)N1CCn2nnc(C(=O)O)c21. The van der Waals surface area contributed by atoms with Crippen LogP contribution in [-0.2, 0) is 11.3 Å². The standard InChI is InChI=1S/C10H14N4O4/c1-10(2,3)18-9(17)13-4-5-14-7(13)6(8(15)16)11-12-14/h4-5H2,1-3H3,(H,15,16). The van der Waals surface area contributed by atoms with E-state index >= 15 is 0 Å². The number of nitrogens with zero attached hydrogens (tertiary/aromatic N) is 4. The van der Waals surface area contributed by atoms with Gasteiger partial charge < -0.3 is 9.84 Å². The van der Waals surface area contributed by atoms with E-state index in [2.05, 4.69) is 10.3 Å². The molecule has 1 aliphatic rings. The van der Waals surface area contributed by atoms with Crippen molar-refractivity contribution < 1.29 is 19.4 Å². The lowest BCUT2D eigenvalue weighted by Crippen LogP contribution is -2.36. The first kappa shape index (κ1) is 12.3. The molecule has 2 heterocycles. The van der Waals surface area contributed by atoms with E-state index in [0.29, 0.717) is 13.1 Å². The van der Waals surface area contributed by atoms with Crippen LogP contribution in [0.25, 0.3) is 0 Å². The number of carboxylic acids is 1. The van der Waals surface area contributed by atoms with Crippen molar-refractivity contribution in [2.24, 2.45) is 0 Å². The number of hydrogen-bond donors (Lipinski definition) is 1. The third-order valence-electron chi connectivity index (χ3n) is 2.32. The van der Waals surface area contributed by atoms with Crippen molar-refractivity contribution in [1.82, 2.24) is 15.0 Å². The summed E-state index contributed by atoms with van der Waals surface area (Å²) in [5, 5.41) is 16.2. The molecule has 0 saturated heterocycles. The summed E-state index contributed by atoms with van der Waals surface area (Å²) in [5.41, 5.74) is -0.875. The maximum absolute atomic E-state index is 11.9. The molecule has 1 aromatic heterocycles. The van der Waals surface area contributed by atoms with Gasteiger partial charge in [-0.1, -0.05) is 5.21 Å². The molecular weight excluding hydrogens is 240 g/mol. The Morgan fingerprint density at radius 1 is 1.33 bits per heavy atom. The predicted octanol–water partition coefficient (Wildman–Crippen LogP) is 0.731. The number of carboxylic acid groups (broad SMARTS) is 1. The Morgan fingerprint density at radius 2 is 2.00 bits per heavy atom. The van der Waals surface area contributed by atoms with Crippen LogP contribution in [0.1, 0.15) is 31.3 Å². The second kappa shape index (κ2) is 3.97. The molecule has 0 radical (unpaired) electrons. The zero-order valence-electron chi connectivity index (χ0n) is 10.4. The van der Waals surface area contributed by atoms with Crippen molar-refractivity contribution in [3.05, 3.63) is 5.69 Å². The minimum Gasteiger partial charge on any atom is -0.476 e. The van der Waals surface area contributed by atoms with Gasteiger partial charge in [0, 0.05) is 0 Å². The van der Waals surface area contributed by atoms with E-state index in [9.17, 15) is 9.59 Å². The normalized spacial score (nSPS) is 14.5. The van der Waals surface area contributed by atoms with Crippen LogP contribution in [0.4, 0.5) is 10.6 Å². The zero-order chi connectivity index (χ0) is 13.5. The van der Waals surface area contributed by atoms with Gasteiger partial charge in [0.25, 0.3) is 0 Å². The number of hydrogen-bond acceptors (Lipinski definition) is 5. The maximum Gasteiger partial charge on any atom is 0.416 e. The fourth-order valence-electron chi connectivity index (χ4n) is 1.66. The molecule has 0 fully saturated rings. The number of rotatable bonds is 1. The molecule has 0 aromatic carbocycles. The second-order valence-electron chi connectivity index (χ2n) is 4.92. The lowest BCUT2D eigenvalue weighted by atomic mass is 10.2. The van der Waals surface area contributed by atoms with E-state index < -0.39 is 17.7 Å². The lowest BCUT2D eigenvalue weighted by Gasteiger charge is -2.23. The van der Waals surface area contributed by atoms with Gasteiger partial charge >= 0.3 is 12.1 Å².